The van der Waals surface area contributed by atoms with Crippen LogP contribution in [0.3, 0.4) is 0 Å². The van der Waals surface area contributed by atoms with Gasteiger partial charge in [0.05, 0.1) is 6.04 Å². The van der Waals surface area contributed by atoms with Crippen molar-refractivity contribution in [2.24, 2.45) is 17.6 Å². The molecule has 0 radical (unpaired) electrons. The van der Waals surface area contributed by atoms with Crippen molar-refractivity contribution in [3.8, 4) is 0 Å². The van der Waals surface area contributed by atoms with E-state index in [2.05, 4.69) is 24.0 Å². The van der Waals surface area contributed by atoms with Gasteiger partial charge in [-0.2, -0.15) is 4.98 Å². The normalized spacial score (nSPS) is 19.2. The summed E-state index contributed by atoms with van der Waals surface area (Å²) >= 11 is 0. The fourth-order valence-electron chi connectivity index (χ4n) is 2.12. The van der Waals surface area contributed by atoms with Crippen LogP contribution in [0, 0.1) is 11.8 Å². The molecule has 18 heavy (non-hydrogen) atoms. The Balaban J connectivity index is 2.03. The lowest BCUT2D eigenvalue weighted by Gasteiger charge is -2.11. The molecule has 1 aromatic rings. The van der Waals surface area contributed by atoms with Crippen molar-refractivity contribution in [1.82, 2.24) is 10.1 Å². The average Bonchev–Trinajstić information content (AvgIpc) is 3.01. The molecule has 5 heteroatoms. The lowest BCUT2D eigenvalue weighted by molar-refractivity contribution is 0.0384. The quantitative estimate of drug-likeness (QED) is 0.808. The summed E-state index contributed by atoms with van der Waals surface area (Å²) < 4.78 is 11.0. The van der Waals surface area contributed by atoms with Gasteiger partial charge >= 0.3 is 0 Å². The van der Waals surface area contributed by atoms with Crippen LogP contribution in [-0.4, -0.2) is 16.7 Å². The largest absolute Gasteiger partial charge is 0.370 e. The van der Waals surface area contributed by atoms with Crippen LogP contribution in [0.15, 0.2) is 4.52 Å². The second-order valence-electron chi connectivity index (χ2n) is 5.44. The molecular weight excluding hydrogens is 230 g/mol. The zero-order valence-corrected chi connectivity index (χ0v) is 11.4. The molecule has 2 unspecified atom stereocenters. The maximum atomic E-state index is 6.04. The SMILES string of the molecule is CCOC(c1noc(C(N)CC(C)C)n1)C1CC1. The molecule has 0 saturated heterocycles. The molecular formula is C13H23N3O2. The van der Waals surface area contributed by atoms with Crippen molar-refractivity contribution in [1.29, 1.82) is 0 Å². The van der Waals surface area contributed by atoms with Crippen LogP contribution in [0.1, 0.15) is 63.9 Å². The Hall–Kier alpha value is -0.940. The standard InChI is InChI=1S/C13H23N3O2/c1-4-17-11(9-5-6-9)12-15-13(18-16-12)10(14)7-8(2)3/h8-11H,4-7,14H2,1-3H3. The Morgan fingerprint density at radius 3 is 2.72 bits per heavy atom. The van der Waals surface area contributed by atoms with Crippen molar-refractivity contribution < 1.29 is 9.26 Å². The molecule has 0 bridgehead atoms. The highest BCUT2D eigenvalue weighted by Gasteiger charge is 2.36. The summed E-state index contributed by atoms with van der Waals surface area (Å²) in [6, 6.07) is -0.173. The minimum absolute atomic E-state index is 0.0150. The molecule has 102 valence electrons. The third-order valence-corrected chi connectivity index (χ3v) is 3.15. The molecule has 1 aliphatic rings. The molecule has 1 fully saturated rings. The third kappa shape index (κ3) is 3.29. The van der Waals surface area contributed by atoms with Gasteiger partial charge in [-0.25, -0.2) is 0 Å². The van der Waals surface area contributed by atoms with Gasteiger partial charge in [0.2, 0.25) is 11.7 Å². The highest BCUT2D eigenvalue weighted by molar-refractivity contribution is 5.00. The van der Waals surface area contributed by atoms with Crippen LogP contribution in [-0.2, 0) is 4.74 Å². The second kappa shape index (κ2) is 5.80. The van der Waals surface area contributed by atoms with Crippen LogP contribution in [0.25, 0.3) is 0 Å². The van der Waals surface area contributed by atoms with Crippen LogP contribution >= 0.6 is 0 Å². The Morgan fingerprint density at radius 1 is 1.44 bits per heavy atom. The molecule has 1 aromatic heterocycles. The molecule has 1 aliphatic carbocycles. The lowest BCUT2D eigenvalue weighted by Crippen LogP contribution is -2.14. The van der Waals surface area contributed by atoms with Crippen molar-refractivity contribution in [2.75, 3.05) is 6.61 Å². The Kier molecular flexibility index (Phi) is 4.35. The Morgan fingerprint density at radius 2 is 2.17 bits per heavy atom. The van der Waals surface area contributed by atoms with E-state index in [1.54, 1.807) is 0 Å². The molecule has 2 atom stereocenters. The fourth-order valence-corrected chi connectivity index (χ4v) is 2.12. The first-order valence-electron chi connectivity index (χ1n) is 6.82. The van der Waals surface area contributed by atoms with Crippen molar-refractivity contribution in [3.05, 3.63) is 11.7 Å². The van der Waals surface area contributed by atoms with Gasteiger partial charge in [0.15, 0.2) is 0 Å². The summed E-state index contributed by atoms with van der Waals surface area (Å²) in [4.78, 5) is 4.42. The van der Waals surface area contributed by atoms with E-state index >= 15 is 0 Å². The minimum Gasteiger partial charge on any atom is -0.370 e. The molecule has 2 N–H and O–H groups in total. The van der Waals surface area contributed by atoms with E-state index in [-0.39, 0.29) is 12.1 Å². The maximum absolute atomic E-state index is 6.04. The summed E-state index contributed by atoms with van der Waals surface area (Å²) in [5.41, 5.74) is 6.04. The van der Waals surface area contributed by atoms with Gasteiger partial charge in [0.1, 0.15) is 6.10 Å². The lowest BCUT2D eigenvalue weighted by atomic mass is 10.0. The number of nitrogens with two attached hydrogens (primary N) is 1. The maximum Gasteiger partial charge on any atom is 0.243 e. The second-order valence-corrected chi connectivity index (χ2v) is 5.44. The summed E-state index contributed by atoms with van der Waals surface area (Å²) in [6.07, 6.45) is 3.21. The highest BCUT2D eigenvalue weighted by Crippen LogP contribution is 2.42. The smallest absolute Gasteiger partial charge is 0.243 e. The van der Waals surface area contributed by atoms with E-state index in [4.69, 9.17) is 15.0 Å². The summed E-state index contributed by atoms with van der Waals surface area (Å²) in [7, 11) is 0. The number of hydrogen-bond acceptors (Lipinski definition) is 5. The van der Waals surface area contributed by atoms with Crippen LogP contribution in [0.4, 0.5) is 0 Å². The molecule has 0 aliphatic heterocycles. The van der Waals surface area contributed by atoms with Gasteiger partial charge in [-0.1, -0.05) is 19.0 Å². The van der Waals surface area contributed by atoms with Crippen molar-refractivity contribution in [3.63, 3.8) is 0 Å². The molecule has 2 rings (SSSR count). The van der Waals surface area contributed by atoms with E-state index < -0.39 is 0 Å². The highest BCUT2D eigenvalue weighted by atomic mass is 16.5. The summed E-state index contributed by atoms with van der Waals surface area (Å²) in [5, 5.41) is 4.03. The number of nitrogens with zero attached hydrogens (tertiary/aromatic N) is 2. The third-order valence-electron chi connectivity index (χ3n) is 3.15. The average molecular weight is 253 g/mol. The fraction of sp³-hybridized carbons (Fsp3) is 0.846. The van der Waals surface area contributed by atoms with Crippen LogP contribution in [0.2, 0.25) is 0 Å². The van der Waals surface area contributed by atoms with Crippen LogP contribution in [0.5, 0.6) is 0 Å². The first kappa shape index (κ1) is 13.5. The Bertz CT molecular complexity index is 374. The van der Waals surface area contributed by atoms with E-state index in [0.29, 0.717) is 30.2 Å². The van der Waals surface area contributed by atoms with Gasteiger partial charge < -0.3 is 15.0 Å². The first-order valence-corrected chi connectivity index (χ1v) is 6.82. The van der Waals surface area contributed by atoms with Gasteiger partial charge in [0.25, 0.3) is 0 Å². The number of ether oxygens (including phenoxy) is 1. The number of hydrogen-bond donors (Lipinski definition) is 1. The van der Waals surface area contributed by atoms with E-state index in [9.17, 15) is 0 Å². The Labute approximate surface area is 108 Å². The first-order chi connectivity index (χ1) is 8.61. The predicted molar refractivity (Wildman–Crippen MR) is 67.8 cm³/mol. The van der Waals surface area contributed by atoms with Crippen molar-refractivity contribution >= 4 is 0 Å². The van der Waals surface area contributed by atoms with Gasteiger partial charge in [-0.05, 0) is 38.0 Å². The predicted octanol–water partition coefficient (Wildman–Crippen LogP) is 2.60. The van der Waals surface area contributed by atoms with Gasteiger partial charge in [-0.3, -0.25) is 0 Å². The van der Waals surface area contributed by atoms with Crippen molar-refractivity contribution in [2.45, 2.75) is 52.2 Å². The van der Waals surface area contributed by atoms with Gasteiger partial charge in [-0.15, -0.1) is 0 Å². The minimum atomic E-state index is -0.173. The number of rotatable bonds is 7. The summed E-state index contributed by atoms with van der Waals surface area (Å²) in [6.45, 7) is 6.92. The molecule has 1 saturated carbocycles. The molecule has 1 heterocycles. The number of aromatic nitrogens is 2. The monoisotopic (exact) mass is 253 g/mol. The van der Waals surface area contributed by atoms with Crippen LogP contribution < -0.4 is 5.73 Å². The topological polar surface area (TPSA) is 74.2 Å². The molecule has 0 amide bonds. The van der Waals surface area contributed by atoms with E-state index in [0.717, 1.165) is 6.42 Å². The zero-order valence-electron chi connectivity index (χ0n) is 11.4. The van der Waals surface area contributed by atoms with Gasteiger partial charge in [0, 0.05) is 6.61 Å². The molecule has 0 aromatic carbocycles. The summed E-state index contributed by atoms with van der Waals surface area (Å²) in [5.74, 6) is 2.26. The van der Waals surface area contributed by atoms with E-state index in [1.165, 1.54) is 12.8 Å². The van der Waals surface area contributed by atoms with E-state index in [1.807, 2.05) is 6.92 Å². The molecule has 5 nitrogen and oxygen atoms in total. The molecule has 0 spiro atoms. The zero-order chi connectivity index (χ0) is 13.1.